The second kappa shape index (κ2) is 9.46. The van der Waals surface area contributed by atoms with Gasteiger partial charge in [0, 0.05) is 11.6 Å². The zero-order chi connectivity index (χ0) is 21.8. The van der Waals surface area contributed by atoms with Gasteiger partial charge in [-0.15, -0.1) is 6.58 Å². The van der Waals surface area contributed by atoms with Crippen LogP contribution in [0.25, 0.3) is 0 Å². The molecule has 3 heteroatoms. The predicted octanol–water partition coefficient (Wildman–Crippen LogP) is 6.89. The van der Waals surface area contributed by atoms with Gasteiger partial charge >= 0.3 is 0 Å². The summed E-state index contributed by atoms with van der Waals surface area (Å²) in [5.74, 6) is 0.932. The molecule has 31 heavy (non-hydrogen) atoms. The van der Waals surface area contributed by atoms with Crippen LogP contribution in [0.1, 0.15) is 42.9 Å². The Kier molecular flexibility index (Phi) is 6.69. The highest BCUT2D eigenvalue weighted by atomic mass is 35.5. The maximum absolute atomic E-state index is 6.29. The highest BCUT2D eigenvalue weighted by Gasteiger charge is 2.47. The summed E-state index contributed by atoms with van der Waals surface area (Å²) in [6.07, 6.45) is 11.7. The molecule has 0 radical (unpaired) electrons. The Bertz CT molecular complexity index is 1000. The molecule has 0 saturated heterocycles. The molecule has 1 heterocycles. The summed E-state index contributed by atoms with van der Waals surface area (Å²) in [5, 5.41) is 0.786. The Morgan fingerprint density at radius 1 is 1.19 bits per heavy atom. The lowest BCUT2D eigenvalue weighted by atomic mass is 9.74. The largest absolute Gasteiger partial charge is 0.496 e. The molecule has 2 nitrogen and oxygen atoms in total. The van der Waals surface area contributed by atoms with Crippen molar-refractivity contribution >= 4 is 11.6 Å². The number of benzene rings is 2. The van der Waals surface area contributed by atoms with E-state index in [1.807, 2.05) is 18.2 Å². The number of methoxy groups -OCH3 is 1. The number of rotatable bonds is 8. The second-order valence-electron chi connectivity index (χ2n) is 8.55. The lowest BCUT2D eigenvalue weighted by Gasteiger charge is -2.42. The maximum atomic E-state index is 6.29. The first-order valence-electron chi connectivity index (χ1n) is 11.3. The molecular formula is C28H32ClNO. The Balaban J connectivity index is 1.86. The number of allylic oxidation sites excluding steroid dienone is 2. The van der Waals surface area contributed by atoms with Crippen molar-refractivity contribution in [3.8, 4) is 5.75 Å². The third kappa shape index (κ3) is 4.12. The van der Waals surface area contributed by atoms with Crippen LogP contribution in [0, 0.1) is 0 Å². The van der Waals surface area contributed by atoms with E-state index in [1.54, 1.807) is 12.7 Å². The van der Waals surface area contributed by atoms with E-state index in [-0.39, 0.29) is 5.54 Å². The minimum absolute atomic E-state index is 0.138. The first-order valence-corrected chi connectivity index (χ1v) is 11.7. The van der Waals surface area contributed by atoms with Crippen molar-refractivity contribution in [3.05, 3.63) is 100 Å². The molecule has 1 aliphatic heterocycles. The van der Waals surface area contributed by atoms with Crippen LogP contribution in [0.4, 0.5) is 0 Å². The summed E-state index contributed by atoms with van der Waals surface area (Å²) < 4.78 is 5.60. The van der Waals surface area contributed by atoms with Crippen LogP contribution in [-0.2, 0) is 18.4 Å². The quantitative estimate of drug-likeness (QED) is 0.420. The average Bonchev–Trinajstić information content (AvgIpc) is 3.09. The van der Waals surface area contributed by atoms with Crippen LogP contribution in [0.15, 0.2) is 78.4 Å². The van der Waals surface area contributed by atoms with Crippen molar-refractivity contribution in [1.29, 1.82) is 0 Å². The number of hydrogen-bond donors (Lipinski definition) is 0. The van der Waals surface area contributed by atoms with Crippen molar-refractivity contribution in [2.45, 2.75) is 44.6 Å². The molecule has 0 spiro atoms. The molecule has 2 aromatic carbocycles. The summed E-state index contributed by atoms with van der Waals surface area (Å²) in [5.41, 5.74) is 6.80. The number of halogens is 1. The topological polar surface area (TPSA) is 12.5 Å². The van der Waals surface area contributed by atoms with Crippen molar-refractivity contribution in [2.75, 3.05) is 20.2 Å². The molecule has 1 unspecified atom stereocenters. The molecule has 0 saturated carbocycles. The van der Waals surface area contributed by atoms with Crippen molar-refractivity contribution in [1.82, 2.24) is 4.90 Å². The van der Waals surface area contributed by atoms with Crippen LogP contribution in [-0.4, -0.2) is 25.1 Å². The van der Waals surface area contributed by atoms with Crippen LogP contribution >= 0.6 is 11.6 Å². The van der Waals surface area contributed by atoms with Crippen molar-refractivity contribution in [3.63, 3.8) is 0 Å². The first kappa shape index (κ1) is 21.9. The minimum atomic E-state index is -0.138. The van der Waals surface area contributed by atoms with Crippen LogP contribution in [0.3, 0.4) is 0 Å². The van der Waals surface area contributed by atoms with Crippen molar-refractivity contribution in [2.24, 2.45) is 0 Å². The molecule has 1 atom stereocenters. The lowest BCUT2D eigenvalue weighted by molar-refractivity contribution is 0.150. The molecule has 2 aromatic rings. The Labute approximate surface area is 191 Å². The Hall–Kier alpha value is -2.29. The average molecular weight is 434 g/mol. The molecule has 0 bridgehead atoms. The predicted molar refractivity (Wildman–Crippen MR) is 131 cm³/mol. The van der Waals surface area contributed by atoms with Crippen LogP contribution in [0.2, 0.25) is 5.02 Å². The molecule has 2 aliphatic rings. The van der Waals surface area contributed by atoms with Gasteiger partial charge in [-0.25, -0.2) is 0 Å². The van der Waals surface area contributed by atoms with Gasteiger partial charge in [-0.05, 0) is 84.7 Å². The minimum Gasteiger partial charge on any atom is -0.496 e. The fraction of sp³-hybridized carbons (Fsp3) is 0.357. The molecule has 0 fully saturated rings. The second-order valence-corrected chi connectivity index (χ2v) is 8.99. The molecule has 0 aromatic heterocycles. The summed E-state index contributed by atoms with van der Waals surface area (Å²) in [6.45, 7) is 8.29. The molecule has 4 rings (SSSR count). The van der Waals surface area contributed by atoms with Gasteiger partial charge < -0.3 is 4.74 Å². The van der Waals surface area contributed by atoms with Crippen LogP contribution in [0.5, 0.6) is 5.75 Å². The zero-order valence-electron chi connectivity index (χ0n) is 18.7. The first-order chi connectivity index (χ1) is 15.1. The van der Waals surface area contributed by atoms with E-state index in [2.05, 4.69) is 60.9 Å². The highest BCUT2D eigenvalue weighted by molar-refractivity contribution is 6.30. The van der Waals surface area contributed by atoms with Gasteiger partial charge in [0.15, 0.2) is 0 Å². The molecule has 1 aliphatic carbocycles. The van der Waals surface area contributed by atoms with Gasteiger partial charge in [0.1, 0.15) is 5.75 Å². The van der Waals surface area contributed by atoms with Gasteiger partial charge in [0.05, 0.1) is 12.6 Å². The number of nitrogens with zero attached hydrogens (tertiary/aromatic N) is 1. The van der Waals surface area contributed by atoms with E-state index < -0.39 is 0 Å². The summed E-state index contributed by atoms with van der Waals surface area (Å²) in [7, 11) is 1.74. The smallest absolute Gasteiger partial charge is 0.122 e. The maximum Gasteiger partial charge on any atom is 0.122 e. The standard InChI is InChI=1S/C28H32ClNO/c1-4-8-22-18-21(11-16-27(22)31-3)19-28(24-12-14-25(29)15-13-24)26-10-7-6-9-23(26)20-30(28)17-5-2/h4,6,9,11-16,18H,1,5,7-8,10,17,19-20H2,2-3H3. The van der Waals surface area contributed by atoms with Gasteiger partial charge in [-0.1, -0.05) is 61.0 Å². The van der Waals surface area contributed by atoms with Gasteiger partial charge in [0.2, 0.25) is 0 Å². The Morgan fingerprint density at radius 2 is 2.00 bits per heavy atom. The Morgan fingerprint density at radius 3 is 2.71 bits per heavy atom. The summed E-state index contributed by atoms with van der Waals surface area (Å²) in [4.78, 5) is 2.69. The fourth-order valence-corrected chi connectivity index (χ4v) is 5.49. The van der Waals surface area contributed by atoms with E-state index >= 15 is 0 Å². The normalized spacial score (nSPS) is 20.7. The van der Waals surface area contributed by atoms with Gasteiger partial charge in [-0.3, -0.25) is 4.90 Å². The van der Waals surface area contributed by atoms with E-state index in [1.165, 1.54) is 22.3 Å². The molecular weight excluding hydrogens is 402 g/mol. The van der Waals surface area contributed by atoms with E-state index in [0.29, 0.717) is 0 Å². The number of ether oxygens (including phenoxy) is 1. The third-order valence-electron chi connectivity index (χ3n) is 6.65. The van der Waals surface area contributed by atoms with Crippen LogP contribution < -0.4 is 4.74 Å². The summed E-state index contributed by atoms with van der Waals surface area (Å²) >= 11 is 6.29. The highest BCUT2D eigenvalue weighted by Crippen LogP contribution is 2.49. The van der Waals surface area contributed by atoms with Gasteiger partial charge in [-0.2, -0.15) is 0 Å². The number of hydrogen-bond acceptors (Lipinski definition) is 2. The van der Waals surface area contributed by atoms with E-state index in [4.69, 9.17) is 16.3 Å². The van der Waals surface area contributed by atoms with E-state index in [9.17, 15) is 0 Å². The molecule has 162 valence electrons. The summed E-state index contributed by atoms with van der Waals surface area (Å²) in [6, 6.07) is 15.2. The SMILES string of the molecule is C=CCc1cc(CC2(c3ccc(Cl)cc3)C3=C(C=CCC3)CN2CCC)ccc1OC. The van der Waals surface area contributed by atoms with Gasteiger partial charge in [0.25, 0.3) is 0 Å². The monoisotopic (exact) mass is 433 g/mol. The zero-order valence-corrected chi connectivity index (χ0v) is 19.4. The molecule has 0 amide bonds. The molecule has 0 N–H and O–H groups in total. The van der Waals surface area contributed by atoms with E-state index in [0.717, 1.165) is 56.0 Å². The fourth-order valence-electron chi connectivity index (χ4n) is 5.36. The third-order valence-corrected chi connectivity index (χ3v) is 6.90. The lowest BCUT2D eigenvalue weighted by Crippen LogP contribution is -2.46. The van der Waals surface area contributed by atoms with Crippen molar-refractivity contribution < 1.29 is 4.74 Å².